The molecule has 8 bridgehead atoms. The van der Waals surface area contributed by atoms with Crippen LogP contribution in [0.15, 0.2) is 87.7 Å². The van der Waals surface area contributed by atoms with E-state index in [4.69, 9.17) is 29.9 Å². The third-order valence-electron chi connectivity index (χ3n) is 22.2. The molecule has 16 heteroatoms. The molecule has 4 aromatic carbocycles. The normalized spacial score (nSPS) is 12.1. The minimum Gasteiger partial charge on any atom is -0.324 e. The van der Waals surface area contributed by atoms with Gasteiger partial charge in [0.1, 0.15) is 22.6 Å². The Hall–Kier alpha value is -2.96. The lowest BCUT2D eigenvalue weighted by Gasteiger charge is -2.13. The Balaban J connectivity index is 1.39. The molecule has 2 N–H and O–H groups in total. The van der Waals surface area contributed by atoms with Crippen molar-refractivity contribution >= 4 is 138 Å². The monoisotopic (exact) mass is 1670 g/mol. The molecule has 112 heavy (non-hydrogen) atoms. The van der Waals surface area contributed by atoms with Gasteiger partial charge in [0.15, 0.2) is 23.3 Å². The lowest BCUT2D eigenvalue weighted by molar-refractivity contribution is 0.627. The number of aromatic amines is 2. The van der Waals surface area contributed by atoms with E-state index in [1.807, 2.05) is 94.1 Å². The number of hydrogen-bond acceptors (Lipinski definition) is 14. The summed E-state index contributed by atoms with van der Waals surface area (Å²) in [6, 6.07) is 19.5. The predicted molar refractivity (Wildman–Crippen MR) is 509 cm³/mol. The lowest BCUT2D eigenvalue weighted by Crippen LogP contribution is -1.92. The molecule has 3 aromatic heterocycles. The summed E-state index contributed by atoms with van der Waals surface area (Å²) in [4.78, 5) is 54.9. The van der Waals surface area contributed by atoms with Crippen molar-refractivity contribution in [3.05, 3.63) is 48.5 Å². The predicted octanol–water partition coefficient (Wildman–Crippen LogP) is 34.5. The SMILES string of the molecule is CCCCCCCCSc1ccc(SCCCCCCCC)c2c1-c1nc-2nc2[nH]c(nc3nc(nc4[nH]c(n1)c1c(SCCCCCCCC)ccc(SCCCCCCCC)c41)-c1c(SCCCCCCCC)ccc(SCCCCCCCC)c1-3)c1c(SCCCCCCCC)ccc(SCCCCCCCC)c21. The van der Waals surface area contributed by atoms with E-state index in [0.717, 1.165) is 136 Å². The van der Waals surface area contributed by atoms with Crippen LogP contribution in [0.4, 0.5) is 0 Å². The fourth-order valence-electron chi connectivity index (χ4n) is 15.5. The molecule has 0 unspecified atom stereocenters. The molecule has 0 radical (unpaired) electrons. The number of fused-ring (bicyclic) bond motifs is 20. The van der Waals surface area contributed by atoms with Gasteiger partial charge in [0, 0.05) is 83.0 Å². The second-order valence-corrected chi connectivity index (χ2v) is 40.9. The van der Waals surface area contributed by atoms with Crippen LogP contribution in [-0.2, 0) is 0 Å². The molecule has 7 aromatic rings. The first kappa shape index (κ1) is 92.9. The summed E-state index contributed by atoms with van der Waals surface area (Å²) in [6.45, 7) is 18.6. The Labute approximate surface area is 714 Å². The summed E-state index contributed by atoms with van der Waals surface area (Å²) in [5.41, 5.74) is 7.84. The van der Waals surface area contributed by atoms with Crippen molar-refractivity contribution in [1.29, 1.82) is 0 Å². The molecule has 2 aliphatic rings. The van der Waals surface area contributed by atoms with Crippen LogP contribution in [0.25, 0.3) is 89.7 Å². The zero-order valence-electron chi connectivity index (χ0n) is 71.2. The average molecular weight is 1670 g/mol. The maximum Gasteiger partial charge on any atom is 0.165 e. The molecule has 9 rings (SSSR count). The van der Waals surface area contributed by atoms with Crippen molar-refractivity contribution in [2.24, 2.45) is 0 Å². The smallest absolute Gasteiger partial charge is 0.165 e. The summed E-state index contributed by atoms with van der Waals surface area (Å²) in [5, 5.41) is 4.62. The number of aromatic nitrogens is 8. The number of nitrogens with one attached hydrogen (secondary N) is 2. The molecule has 2 aliphatic heterocycles. The Kier molecular flexibility index (Phi) is 46.2. The number of nitrogens with zero attached hydrogens (tertiary/aromatic N) is 6. The van der Waals surface area contributed by atoms with Gasteiger partial charge < -0.3 is 9.97 Å². The zero-order valence-corrected chi connectivity index (χ0v) is 77.7. The maximum absolute atomic E-state index is 6.14. The van der Waals surface area contributed by atoms with Gasteiger partial charge >= 0.3 is 0 Å². The van der Waals surface area contributed by atoms with E-state index in [1.165, 1.54) is 347 Å². The Bertz CT molecular complexity index is 3500. The second kappa shape index (κ2) is 55.7. The minimum atomic E-state index is 0.744. The Morgan fingerprint density at radius 2 is 0.321 bits per heavy atom. The van der Waals surface area contributed by atoms with Crippen LogP contribution in [0.2, 0.25) is 0 Å². The van der Waals surface area contributed by atoms with Crippen molar-refractivity contribution in [3.63, 3.8) is 0 Å². The van der Waals surface area contributed by atoms with Crippen LogP contribution in [0.1, 0.15) is 364 Å². The molecule has 618 valence electrons. The highest BCUT2D eigenvalue weighted by molar-refractivity contribution is 8.01. The highest BCUT2D eigenvalue weighted by Gasteiger charge is 2.31. The standard InChI is InChI=1S/C96H146N8S8/c1-9-17-25-33-41-49-65-105-73-57-58-74(106-66-50-42-34-26-18-10-2)82-81(73)89-97-90(82)102-92-85-77(109-69-53-45-37-29-21-13-5)61-62-78(110-70-54-46-38-30-22-14-6)86(85)94(99-92)104-96-88-80(112-72-56-48-40-32-24-16-8)64-63-79(111-71-55-47-39-31-23-15-7)87(88)95(100-96)103-93-84-76(108-68-52-44-36-28-20-12-4)60-59-75(83(84)91(98-93)101-89)107-67-51-43-35-27-19-11-3/h57-64H,9-56,65-72H2,1-8H3,(H2,97,98,99,100,101,102,103,104). The first-order valence-electron chi connectivity index (χ1n) is 45.9. The maximum atomic E-state index is 6.14. The number of unbranched alkanes of at least 4 members (excludes halogenated alkanes) is 40. The van der Waals surface area contributed by atoms with Crippen molar-refractivity contribution in [1.82, 2.24) is 39.9 Å². The first-order chi connectivity index (χ1) is 55.4. The third kappa shape index (κ3) is 29.8. The highest BCUT2D eigenvalue weighted by Crippen LogP contribution is 2.51. The molecule has 0 spiro atoms. The van der Waals surface area contributed by atoms with Gasteiger partial charge in [-0.3, -0.25) is 0 Å². The summed E-state index contributed by atoms with van der Waals surface area (Å²) in [7, 11) is 0. The van der Waals surface area contributed by atoms with Crippen LogP contribution in [0.5, 0.6) is 0 Å². The van der Waals surface area contributed by atoms with Crippen LogP contribution < -0.4 is 0 Å². The molecule has 0 saturated carbocycles. The van der Waals surface area contributed by atoms with E-state index < -0.39 is 0 Å². The van der Waals surface area contributed by atoms with Gasteiger partial charge in [0.25, 0.3) is 0 Å². The molecule has 8 nitrogen and oxygen atoms in total. The van der Waals surface area contributed by atoms with Gasteiger partial charge in [-0.05, 0) is 146 Å². The van der Waals surface area contributed by atoms with E-state index >= 15 is 0 Å². The van der Waals surface area contributed by atoms with Crippen LogP contribution in [0, 0.1) is 0 Å². The number of benzene rings is 4. The van der Waals surface area contributed by atoms with Crippen molar-refractivity contribution in [3.8, 4) is 45.6 Å². The Morgan fingerprint density at radius 3 is 0.491 bits per heavy atom. The quantitative estimate of drug-likeness (QED) is 0.0279. The number of hydrogen-bond donors (Lipinski definition) is 2. The lowest BCUT2D eigenvalue weighted by atomic mass is 10.1. The first-order valence-corrected chi connectivity index (χ1v) is 53.8. The molecule has 0 atom stereocenters. The third-order valence-corrected chi connectivity index (χ3v) is 31.3. The Morgan fingerprint density at radius 1 is 0.179 bits per heavy atom. The fourth-order valence-corrected chi connectivity index (χ4v) is 24.1. The van der Waals surface area contributed by atoms with E-state index in [0.29, 0.717) is 0 Å². The zero-order chi connectivity index (χ0) is 78.4. The molecular formula is C96H146N8S8. The van der Waals surface area contributed by atoms with Crippen molar-refractivity contribution in [2.75, 3.05) is 46.0 Å². The number of rotatable bonds is 64. The molecule has 0 aliphatic carbocycles. The van der Waals surface area contributed by atoms with Crippen LogP contribution in [0.3, 0.4) is 0 Å². The summed E-state index contributed by atoms with van der Waals surface area (Å²) in [6.07, 6.45) is 60.8. The van der Waals surface area contributed by atoms with Crippen LogP contribution in [-0.4, -0.2) is 85.9 Å². The van der Waals surface area contributed by atoms with Crippen molar-refractivity contribution < 1.29 is 0 Å². The topological polar surface area (TPSA) is 109 Å². The number of H-pyrrole nitrogens is 2. The largest absolute Gasteiger partial charge is 0.324 e. The molecular weight excluding hydrogens is 1520 g/mol. The summed E-state index contributed by atoms with van der Waals surface area (Å²) >= 11 is 16.1. The molecule has 0 saturated heterocycles. The summed E-state index contributed by atoms with van der Waals surface area (Å²) < 4.78 is 0. The van der Waals surface area contributed by atoms with E-state index in [9.17, 15) is 0 Å². The van der Waals surface area contributed by atoms with Gasteiger partial charge in [-0.2, -0.15) is 0 Å². The average Bonchev–Trinajstić information content (AvgIpc) is 1.58. The summed E-state index contributed by atoms with van der Waals surface area (Å²) in [5.74, 6) is 11.3. The fraction of sp³-hybridized carbons (Fsp3) is 0.667. The van der Waals surface area contributed by atoms with E-state index in [2.05, 4.69) is 114 Å². The van der Waals surface area contributed by atoms with Gasteiger partial charge in [-0.1, -0.05) is 312 Å². The second-order valence-electron chi connectivity index (χ2n) is 31.8. The van der Waals surface area contributed by atoms with Gasteiger partial charge in [-0.15, -0.1) is 94.1 Å². The van der Waals surface area contributed by atoms with Crippen LogP contribution >= 0.6 is 94.1 Å². The van der Waals surface area contributed by atoms with Gasteiger partial charge in [0.05, 0.1) is 0 Å². The molecule has 0 amide bonds. The van der Waals surface area contributed by atoms with E-state index in [-0.39, 0.29) is 0 Å². The molecule has 5 heterocycles. The van der Waals surface area contributed by atoms with E-state index in [1.54, 1.807) is 0 Å². The molecule has 0 fully saturated rings. The van der Waals surface area contributed by atoms with Gasteiger partial charge in [-0.25, -0.2) is 29.9 Å². The number of thioether (sulfide) groups is 8. The van der Waals surface area contributed by atoms with Crippen molar-refractivity contribution in [2.45, 2.75) is 403 Å². The minimum absolute atomic E-state index is 0.744. The highest BCUT2D eigenvalue weighted by atomic mass is 32.2. The van der Waals surface area contributed by atoms with Gasteiger partial charge in [0.2, 0.25) is 0 Å².